The highest BCUT2D eigenvalue weighted by molar-refractivity contribution is 6.40. The molecule has 2 N–H and O–H groups in total. The van der Waals surface area contributed by atoms with Gasteiger partial charge in [0.25, 0.3) is 5.91 Å². The number of nitriles is 1. The van der Waals surface area contributed by atoms with Crippen LogP contribution in [0.5, 0.6) is 0 Å². The van der Waals surface area contributed by atoms with Gasteiger partial charge in [0.1, 0.15) is 5.69 Å². The first-order valence-corrected chi connectivity index (χ1v) is 8.31. The van der Waals surface area contributed by atoms with Crippen molar-refractivity contribution in [3.63, 3.8) is 0 Å². The molecule has 0 aliphatic carbocycles. The summed E-state index contributed by atoms with van der Waals surface area (Å²) in [6, 6.07) is 17.4. The molecule has 0 aliphatic rings. The maximum Gasteiger partial charge on any atom is 0.274 e. The number of amides is 1. The number of nitrogens with one attached hydrogen (secondary N) is 2. The molecule has 0 spiro atoms. The summed E-state index contributed by atoms with van der Waals surface area (Å²) >= 11 is 12.1. The molecule has 3 rings (SSSR count). The van der Waals surface area contributed by atoms with Crippen LogP contribution in [0.25, 0.3) is 0 Å². The number of pyridine rings is 1. The van der Waals surface area contributed by atoms with E-state index in [1.54, 1.807) is 60.8 Å². The summed E-state index contributed by atoms with van der Waals surface area (Å²) in [5.41, 5.74) is 2.68. The third kappa shape index (κ3) is 4.12. The summed E-state index contributed by atoms with van der Waals surface area (Å²) in [4.78, 5) is 16.5. The average molecular weight is 383 g/mol. The fourth-order valence-electron chi connectivity index (χ4n) is 2.19. The number of halogens is 2. The normalized spacial score (nSPS) is 10.0. The summed E-state index contributed by atoms with van der Waals surface area (Å²) in [5.74, 6) is -0.412. The van der Waals surface area contributed by atoms with E-state index in [9.17, 15) is 4.79 Å². The number of hydrogen-bond donors (Lipinski definition) is 2. The van der Waals surface area contributed by atoms with Gasteiger partial charge in [0.05, 0.1) is 39.2 Å². The Hall–Kier alpha value is -3.07. The van der Waals surface area contributed by atoms with Crippen LogP contribution < -0.4 is 10.6 Å². The molecule has 2 aromatic carbocycles. The third-order valence-corrected chi connectivity index (χ3v) is 4.13. The van der Waals surface area contributed by atoms with Crippen LogP contribution in [0.15, 0.2) is 60.8 Å². The molecule has 26 heavy (non-hydrogen) atoms. The second-order valence-corrected chi connectivity index (χ2v) is 6.11. The number of hydrogen-bond acceptors (Lipinski definition) is 4. The van der Waals surface area contributed by atoms with Crippen molar-refractivity contribution >= 4 is 46.2 Å². The Morgan fingerprint density at radius 3 is 2.19 bits per heavy atom. The highest BCUT2D eigenvalue weighted by atomic mass is 35.5. The van der Waals surface area contributed by atoms with Crippen LogP contribution in [0, 0.1) is 11.3 Å². The zero-order valence-corrected chi connectivity index (χ0v) is 14.8. The number of rotatable bonds is 4. The molecule has 0 saturated heterocycles. The Morgan fingerprint density at radius 2 is 1.62 bits per heavy atom. The largest absolute Gasteiger partial charge is 0.354 e. The lowest BCUT2D eigenvalue weighted by molar-refractivity contribution is 0.102. The van der Waals surface area contributed by atoms with Crippen LogP contribution >= 0.6 is 23.2 Å². The van der Waals surface area contributed by atoms with E-state index in [-0.39, 0.29) is 5.69 Å². The van der Waals surface area contributed by atoms with Crippen molar-refractivity contribution in [1.82, 2.24) is 4.98 Å². The molecule has 7 heteroatoms. The lowest BCUT2D eigenvalue weighted by atomic mass is 10.2. The van der Waals surface area contributed by atoms with Crippen molar-refractivity contribution in [2.45, 2.75) is 0 Å². The van der Waals surface area contributed by atoms with E-state index in [1.807, 2.05) is 0 Å². The zero-order valence-electron chi connectivity index (χ0n) is 13.3. The van der Waals surface area contributed by atoms with E-state index in [0.29, 0.717) is 27.0 Å². The Balaban J connectivity index is 1.70. The molecule has 0 radical (unpaired) electrons. The maximum absolute atomic E-state index is 12.3. The molecule has 1 heterocycles. The van der Waals surface area contributed by atoms with Gasteiger partial charge in [-0.15, -0.1) is 0 Å². The fraction of sp³-hybridized carbons (Fsp3) is 0. The molecule has 0 bridgehead atoms. The number of anilines is 3. The van der Waals surface area contributed by atoms with E-state index < -0.39 is 5.91 Å². The van der Waals surface area contributed by atoms with Gasteiger partial charge in [0, 0.05) is 5.69 Å². The van der Waals surface area contributed by atoms with Crippen molar-refractivity contribution in [2.24, 2.45) is 0 Å². The summed E-state index contributed by atoms with van der Waals surface area (Å²) in [6.45, 7) is 0. The topological polar surface area (TPSA) is 77.8 Å². The van der Waals surface area contributed by atoms with Gasteiger partial charge in [-0.25, -0.2) is 4.98 Å². The minimum atomic E-state index is -0.412. The fourth-order valence-corrected chi connectivity index (χ4v) is 2.68. The number of benzene rings is 2. The van der Waals surface area contributed by atoms with Crippen LogP contribution in [-0.2, 0) is 0 Å². The zero-order chi connectivity index (χ0) is 18.5. The summed E-state index contributed by atoms with van der Waals surface area (Å²) in [6.07, 6.45) is 1.54. The predicted octanol–water partition coefficient (Wildman–Crippen LogP) is 5.26. The highest BCUT2D eigenvalue weighted by Gasteiger charge is 2.12. The van der Waals surface area contributed by atoms with Gasteiger partial charge < -0.3 is 10.6 Å². The SMILES string of the molecule is N#Cc1ccc(Nc2ccc(C(=O)Nc3c(Cl)cccc3Cl)nc2)cc1. The van der Waals surface area contributed by atoms with Gasteiger partial charge in [-0.05, 0) is 48.5 Å². The maximum atomic E-state index is 12.3. The van der Waals surface area contributed by atoms with Gasteiger partial charge in [-0.1, -0.05) is 29.3 Å². The van der Waals surface area contributed by atoms with Gasteiger partial charge in [-0.2, -0.15) is 5.26 Å². The van der Waals surface area contributed by atoms with Gasteiger partial charge >= 0.3 is 0 Å². The van der Waals surface area contributed by atoms with Crippen LogP contribution in [0.1, 0.15) is 16.1 Å². The van der Waals surface area contributed by atoms with Crippen molar-refractivity contribution in [3.05, 3.63) is 82.1 Å². The quantitative estimate of drug-likeness (QED) is 0.645. The first-order chi connectivity index (χ1) is 12.6. The lowest BCUT2D eigenvalue weighted by Crippen LogP contribution is -2.14. The lowest BCUT2D eigenvalue weighted by Gasteiger charge is -2.10. The molecule has 3 aromatic rings. The summed E-state index contributed by atoms with van der Waals surface area (Å²) in [5, 5.41) is 15.3. The Bertz CT molecular complexity index is 960. The average Bonchev–Trinajstić information content (AvgIpc) is 2.66. The smallest absolute Gasteiger partial charge is 0.274 e. The third-order valence-electron chi connectivity index (χ3n) is 3.50. The minimum Gasteiger partial charge on any atom is -0.354 e. The van der Waals surface area contributed by atoms with Crippen molar-refractivity contribution < 1.29 is 4.79 Å². The summed E-state index contributed by atoms with van der Waals surface area (Å²) < 4.78 is 0. The monoisotopic (exact) mass is 382 g/mol. The first kappa shape index (κ1) is 17.7. The molecule has 128 valence electrons. The molecule has 0 fully saturated rings. The predicted molar refractivity (Wildman–Crippen MR) is 103 cm³/mol. The van der Waals surface area contributed by atoms with Crippen LogP contribution in [0.4, 0.5) is 17.1 Å². The number of nitrogens with zero attached hydrogens (tertiary/aromatic N) is 2. The Kier molecular flexibility index (Phi) is 5.37. The minimum absolute atomic E-state index is 0.228. The van der Waals surface area contributed by atoms with Crippen molar-refractivity contribution in [2.75, 3.05) is 10.6 Å². The molecule has 0 unspecified atom stereocenters. The van der Waals surface area contributed by atoms with Gasteiger partial charge in [-0.3, -0.25) is 4.79 Å². The molecule has 0 saturated carbocycles. The van der Waals surface area contributed by atoms with E-state index in [2.05, 4.69) is 21.7 Å². The standard InChI is InChI=1S/C19H12Cl2N4O/c20-15-2-1-3-16(21)18(15)25-19(26)17-9-8-14(11-23-17)24-13-6-4-12(10-22)5-7-13/h1-9,11,24H,(H,25,26). The highest BCUT2D eigenvalue weighted by Crippen LogP contribution is 2.30. The van der Waals surface area contributed by atoms with E-state index in [1.165, 1.54) is 0 Å². The van der Waals surface area contributed by atoms with Crippen molar-refractivity contribution in [1.29, 1.82) is 5.26 Å². The van der Waals surface area contributed by atoms with Crippen LogP contribution in [0.2, 0.25) is 10.0 Å². The van der Waals surface area contributed by atoms with Gasteiger partial charge in [0.2, 0.25) is 0 Å². The second-order valence-electron chi connectivity index (χ2n) is 5.30. The van der Waals surface area contributed by atoms with E-state index >= 15 is 0 Å². The number of carbonyl (C=O) groups excluding carboxylic acids is 1. The first-order valence-electron chi connectivity index (χ1n) is 7.55. The van der Waals surface area contributed by atoms with Crippen LogP contribution in [-0.4, -0.2) is 10.9 Å². The molecular weight excluding hydrogens is 371 g/mol. The molecule has 1 amide bonds. The molecule has 1 aromatic heterocycles. The molecular formula is C19H12Cl2N4O. The number of aromatic nitrogens is 1. The van der Waals surface area contributed by atoms with Gasteiger partial charge in [0.15, 0.2) is 0 Å². The molecule has 0 aliphatic heterocycles. The molecule has 0 atom stereocenters. The Morgan fingerprint density at radius 1 is 0.962 bits per heavy atom. The Labute approximate surface area is 160 Å². The number of para-hydroxylation sites is 1. The van der Waals surface area contributed by atoms with E-state index in [4.69, 9.17) is 28.5 Å². The number of carbonyl (C=O) groups is 1. The van der Waals surface area contributed by atoms with Crippen LogP contribution in [0.3, 0.4) is 0 Å². The second kappa shape index (κ2) is 7.87. The van der Waals surface area contributed by atoms with E-state index in [0.717, 1.165) is 5.69 Å². The summed E-state index contributed by atoms with van der Waals surface area (Å²) in [7, 11) is 0. The molecule has 5 nitrogen and oxygen atoms in total. The van der Waals surface area contributed by atoms with Crippen molar-refractivity contribution in [3.8, 4) is 6.07 Å².